The fraction of sp³-hybridized carbons (Fsp3) is 0.296. The van der Waals surface area contributed by atoms with Crippen molar-refractivity contribution in [2.75, 3.05) is 17.5 Å². The van der Waals surface area contributed by atoms with E-state index >= 15 is 0 Å². The number of carbonyl (C=O) groups is 1. The molecule has 3 aromatic rings. The zero-order chi connectivity index (χ0) is 25.4. The van der Waals surface area contributed by atoms with Crippen LogP contribution in [0.3, 0.4) is 0 Å². The molecule has 3 rings (SSSR count). The number of anilines is 1. The SMILES string of the molecule is CCOc1ccc(N(CC(=O)N[C@@H](CC(C)C)c2ccccc2)S(=O)(=O)c2ccc(F)cc2)cc1. The lowest BCUT2D eigenvalue weighted by Crippen LogP contribution is -2.42. The summed E-state index contributed by atoms with van der Waals surface area (Å²) in [5, 5.41) is 3.00. The van der Waals surface area contributed by atoms with Crippen LogP contribution < -0.4 is 14.4 Å². The van der Waals surface area contributed by atoms with Gasteiger partial charge in [0.2, 0.25) is 5.91 Å². The number of halogens is 1. The summed E-state index contributed by atoms with van der Waals surface area (Å²) in [5.74, 6) is -0.0978. The van der Waals surface area contributed by atoms with Crippen LogP contribution in [0.1, 0.15) is 38.8 Å². The first-order valence-electron chi connectivity index (χ1n) is 11.6. The topological polar surface area (TPSA) is 75.7 Å². The van der Waals surface area contributed by atoms with Gasteiger partial charge in [0.25, 0.3) is 10.0 Å². The van der Waals surface area contributed by atoms with Crippen molar-refractivity contribution < 1.29 is 22.3 Å². The maximum atomic E-state index is 13.5. The van der Waals surface area contributed by atoms with Crippen LogP contribution >= 0.6 is 0 Å². The zero-order valence-electron chi connectivity index (χ0n) is 20.1. The molecule has 8 heteroatoms. The largest absolute Gasteiger partial charge is 0.494 e. The minimum absolute atomic E-state index is 0.109. The third-order valence-corrected chi connectivity index (χ3v) is 7.16. The second-order valence-corrected chi connectivity index (χ2v) is 10.4. The lowest BCUT2D eigenvalue weighted by molar-refractivity contribution is -0.120. The van der Waals surface area contributed by atoms with E-state index in [2.05, 4.69) is 19.2 Å². The number of benzene rings is 3. The van der Waals surface area contributed by atoms with Gasteiger partial charge in [0.05, 0.1) is 23.2 Å². The van der Waals surface area contributed by atoms with Crippen LogP contribution in [0.15, 0.2) is 83.8 Å². The molecule has 0 fully saturated rings. The van der Waals surface area contributed by atoms with Crippen LogP contribution in [0.25, 0.3) is 0 Å². The van der Waals surface area contributed by atoms with E-state index in [4.69, 9.17) is 4.74 Å². The summed E-state index contributed by atoms with van der Waals surface area (Å²) in [5.41, 5.74) is 1.25. The van der Waals surface area contributed by atoms with Crippen LogP contribution in [0.4, 0.5) is 10.1 Å². The number of rotatable bonds is 11. The van der Waals surface area contributed by atoms with Crippen LogP contribution in [-0.4, -0.2) is 27.5 Å². The number of ether oxygens (including phenoxy) is 1. The van der Waals surface area contributed by atoms with Gasteiger partial charge in [-0.05, 0) is 73.4 Å². The van der Waals surface area contributed by atoms with Gasteiger partial charge in [-0.3, -0.25) is 9.10 Å². The Hall–Kier alpha value is -3.39. The van der Waals surface area contributed by atoms with Gasteiger partial charge in [-0.15, -0.1) is 0 Å². The van der Waals surface area contributed by atoms with Crippen molar-refractivity contribution in [3.63, 3.8) is 0 Å². The van der Waals surface area contributed by atoms with Crippen LogP contribution in [0, 0.1) is 11.7 Å². The van der Waals surface area contributed by atoms with Crippen molar-refractivity contribution in [3.05, 3.63) is 90.2 Å². The summed E-state index contributed by atoms with van der Waals surface area (Å²) in [4.78, 5) is 13.1. The maximum absolute atomic E-state index is 13.5. The number of hydrogen-bond donors (Lipinski definition) is 1. The third-order valence-electron chi connectivity index (χ3n) is 5.37. The number of amides is 1. The Morgan fingerprint density at radius 2 is 1.60 bits per heavy atom. The Morgan fingerprint density at radius 1 is 0.971 bits per heavy atom. The third kappa shape index (κ3) is 7.05. The average Bonchev–Trinajstić information content (AvgIpc) is 2.83. The number of sulfonamides is 1. The van der Waals surface area contributed by atoms with Crippen LogP contribution in [-0.2, 0) is 14.8 Å². The number of hydrogen-bond acceptors (Lipinski definition) is 4. The molecule has 1 amide bonds. The molecule has 1 atom stereocenters. The van der Waals surface area contributed by atoms with E-state index in [1.165, 1.54) is 12.1 Å². The summed E-state index contributed by atoms with van der Waals surface area (Å²) in [6.45, 7) is 6.01. The first-order chi connectivity index (χ1) is 16.7. The van der Waals surface area contributed by atoms with Gasteiger partial charge in [-0.25, -0.2) is 12.8 Å². The fourth-order valence-electron chi connectivity index (χ4n) is 3.73. The fourth-order valence-corrected chi connectivity index (χ4v) is 5.15. The van der Waals surface area contributed by atoms with Crippen molar-refractivity contribution >= 4 is 21.6 Å². The molecule has 0 aliphatic carbocycles. The Labute approximate surface area is 206 Å². The molecule has 0 saturated carbocycles. The first kappa shape index (κ1) is 26.2. The molecule has 0 aliphatic rings. The van der Waals surface area contributed by atoms with Crippen LogP contribution in [0.2, 0.25) is 0 Å². The minimum atomic E-state index is -4.15. The van der Waals surface area contributed by atoms with E-state index in [-0.39, 0.29) is 10.9 Å². The van der Waals surface area contributed by atoms with Gasteiger partial charge < -0.3 is 10.1 Å². The molecule has 35 heavy (non-hydrogen) atoms. The molecular weight excluding hydrogens is 467 g/mol. The monoisotopic (exact) mass is 498 g/mol. The van der Waals surface area contributed by atoms with Gasteiger partial charge in [0.15, 0.2) is 0 Å². The lowest BCUT2D eigenvalue weighted by Gasteiger charge is -2.26. The molecule has 0 unspecified atom stereocenters. The summed E-state index contributed by atoms with van der Waals surface area (Å²) in [6, 6.07) is 20.3. The van der Waals surface area contributed by atoms with Crippen molar-refractivity contribution in [3.8, 4) is 5.75 Å². The number of nitrogens with one attached hydrogen (secondary N) is 1. The average molecular weight is 499 g/mol. The minimum Gasteiger partial charge on any atom is -0.494 e. The van der Waals surface area contributed by atoms with Crippen LogP contribution in [0.5, 0.6) is 5.75 Å². The normalized spacial score (nSPS) is 12.3. The van der Waals surface area contributed by atoms with E-state index < -0.39 is 28.3 Å². The van der Waals surface area contributed by atoms with Gasteiger partial charge >= 0.3 is 0 Å². The van der Waals surface area contributed by atoms with Gasteiger partial charge in [0.1, 0.15) is 18.1 Å². The molecule has 0 aromatic heterocycles. The smallest absolute Gasteiger partial charge is 0.264 e. The first-order valence-corrected chi connectivity index (χ1v) is 13.0. The van der Waals surface area contributed by atoms with E-state index in [1.807, 2.05) is 37.3 Å². The Kier molecular flexibility index (Phi) is 8.87. The van der Waals surface area contributed by atoms with Gasteiger partial charge in [-0.1, -0.05) is 44.2 Å². The number of carbonyl (C=O) groups excluding carboxylic acids is 1. The highest BCUT2D eigenvalue weighted by atomic mass is 32.2. The molecule has 0 aliphatic heterocycles. The highest BCUT2D eigenvalue weighted by molar-refractivity contribution is 7.92. The molecule has 3 aromatic carbocycles. The highest BCUT2D eigenvalue weighted by Gasteiger charge is 2.28. The molecule has 186 valence electrons. The van der Waals surface area contributed by atoms with Crippen molar-refractivity contribution in [2.45, 2.75) is 38.1 Å². The van der Waals surface area contributed by atoms with E-state index in [1.54, 1.807) is 24.3 Å². The molecule has 0 saturated heterocycles. The summed E-state index contributed by atoms with van der Waals surface area (Å²) < 4.78 is 47.0. The quantitative estimate of drug-likeness (QED) is 0.388. The van der Waals surface area contributed by atoms with E-state index in [9.17, 15) is 17.6 Å². The second-order valence-electron chi connectivity index (χ2n) is 8.55. The van der Waals surface area contributed by atoms with Crippen molar-refractivity contribution in [1.29, 1.82) is 0 Å². The molecule has 1 N–H and O–H groups in total. The molecule has 6 nitrogen and oxygen atoms in total. The molecule has 0 spiro atoms. The maximum Gasteiger partial charge on any atom is 0.264 e. The molecule has 0 heterocycles. The second kappa shape index (κ2) is 11.8. The summed E-state index contributed by atoms with van der Waals surface area (Å²) >= 11 is 0. The van der Waals surface area contributed by atoms with Gasteiger partial charge in [-0.2, -0.15) is 0 Å². The van der Waals surface area contributed by atoms with Crippen molar-refractivity contribution in [2.24, 2.45) is 5.92 Å². The Balaban J connectivity index is 1.92. The standard InChI is InChI=1S/C27H31FN2O4S/c1-4-34-24-14-12-23(13-15-24)30(35(32,33)25-16-10-22(28)11-17-25)19-27(31)29-26(18-20(2)3)21-8-6-5-7-9-21/h5-17,20,26H,4,18-19H2,1-3H3,(H,29,31)/t26-/m0/s1. The van der Waals surface area contributed by atoms with Gasteiger partial charge in [0, 0.05) is 0 Å². The predicted molar refractivity (Wildman–Crippen MR) is 135 cm³/mol. The lowest BCUT2D eigenvalue weighted by atomic mass is 9.97. The summed E-state index contributed by atoms with van der Waals surface area (Å²) in [6.07, 6.45) is 0.698. The van der Waals surface area contributed by atoms with E-state index in [0.29, 0.717) is 30.4 Å². The number of nitrogens with zero attached hydrogens (tertiary/aromatic N) is 1. The Bertz CT molecular complexity index is 1200. The predicted octanol–water partition coefficient (Wildman–Crippen LogP) is 5.32. The summed E-state index contributed by atoms with van der Waals surface area (Å²) in [7, 11) is -4.15. The Morgan fingerprint density at radius 3 is 2.17 bits per heavy atom. The van der Waals surface area contributed by atoms with E-state index in [0.717, 1.165) is 22.0 Å². The molecule has 0 bridgehead atoms. The molecular formula is C27H31FN2O4S. The highest BCUT2D eigenvalue weighted by Crippen LogP contribution is 2.27. The van der Waals surface area contributed by atoms with Crippen molar-refractivity contribution in [1.82, 2.24) is 5.32 Å². The zero-order valence-corrected chi connectivity index (χ0v) is 21.0. The molecule has 0 radical (unpaired) electrons.